The number of rotatable bonds is 9. The van der Waals surface area contributed by atoms with E-state index in [4.69, 9.17) is 13.9 Å². The summed E-state index contributed by atoms with van der Waals surface area (Å²) in [6.45, 7) is 3.81. The lowest BCUT2D eigenvalue weighted by Crippen LogP contribution is -2.42. The minimum atomic E-state index is -3.48. The molecule has 1 aromatic heterocycles. The Morgan fingerprint density at radius 2 is 1.69 bits per heavy atom. The van der Waals surface area contributed by atoms with Crippen LogP contribution in [0.15, 0.2) is 58.1 Å². The van der Waals surface area contributed by atoms with Crippen molar-refractivity contribution in [3.63, 3.8) is 0 Å². The van der Waals surface area contributed by atoms with Crippen LogP contribution in [0.5, 0.6) is 0 Å². The molecule has 0 saturated carbocycles. The van der Waals surface area contributed by atoms with Gasteiger partial charge < -0.3 is 9.05 Å². The van der Waals surface area contributed by atoms with Crippen molar-refractivity contribution < 1.29 is 22.8 Å². The van der Waals surface area contributed by atoms with Crippen LogP contribution in [0.2, 0.25) is 0 Å². The number of hydrogen-bond acceptors (Lipinski definition) is 7. The molecule has 1 aliphatic heterocycles. The van der Waals surface area contributed by atoms with Gasteiger partial charge in [0.15, 0.2) is 0 Å². The number of aromatic nitrogens is 2. The molecule has 0 bridgehead atoms. The van der Waals surface area contributed by atoms with Crippen LogP contribution < -0.4 is 11.2 Å². The third-order valence-corrected chi connectivity index (χ3v) is 8.50. The molecule has 11 heteroatoms. The van der Waals surface area contributed by atoms with E-state index in [1.54, 1.807) is 63.4 Å². The second kappa shape index (κ2) is 10.6. The third-order valence-electron chi connectivity index (χ3n) is 6.00. The zero-order valence-electron chi connectivity index (χ0n) is 19.9. The first-order valence-corrected chi connectivity index (χ1v) is 13.1. The van der Waals surface area contributed by atoms with Crippen molar-refractivity contribution >= 4 is 18.5 Å². The van der Waals surface area contributed by atoms with Crippen molar-refractivity contribution in [2.75, 3.05) is 20.3 Å². The molecule has 188 valence electrons. The zero-order valence-corrected chi connectivity index (χ0v) is 20.8. The topological polar surface area (TPSA) is 92.0 Å². The highest BCUT2D eigenvalue weighted by Crippen LogP contribution is 2.57. The minimum Gasteiger partial charge on any atom is -0.308 e. The molecule has 9 nitrogen and oxygen atoms in total. The molecule has 2 atom stereocenters. The van der Waals surface area contributed by atoms with E-state index in [1.165, 1.54) is 15.7 Å². The highest BCUT2D eigenvalue weighted by Gasteiger charge is 2.46. The average molecular weight is 505 g/mol. The molecule has 3 aromatic rings. The Bertz CT molecular complexity index is 1360. The zero-order chi connectivity index (χ0) is 25.2. The van der Waals surface area contributed by atoms with Gasteiger partial charge in [0, 0.05) is 19.0 Å². The van der Waals surface area contributed by atoms with Crippen molar-refractivity contribution in [3.8, 4) is 0 Å². The van der Waals surface area contributed by atoms with Gasteiger partial charge in [-0.05, 0) is 32.0 Å². The van der Waals surface area contributed by atoms with Crippen molar-refractivity contribution in [2.45, 2.75) is 45.2 Å². The maximum absolute atomic E-state index is 14.3. The summed E-state index contributed by atoms with van der Waals surface area (Å²) in [5.41, 5.74) is -0.395. The monoisotopic (exact) mass is 505 g/mol. The van der Waals surface area contributed by atoms with Gasteiger partial charge >= 0.3 is 13.3 Å². The van der Waals surface area contributed by atoms with E-state index in [0.717, 1.165) is 4.57 Å². The molecular formula is C24H29FN3O6P. The molecule has 0 N–H and O–H groups in total. The summed E-state index contributed by atoms with van der Waals surface area (Å²) in [7, 11) is -1.83. The number of para-hydroxylation sites is 1. The molecule has 0 unspecified atom stereocenters. The number of hydroxylamine groups is 2. The first-order valence-electron chi connectivity index (χ1n) is 11.5. The molecule has 35 heavy (non-hydrogen) atoms. The first kappa shape index (κ1) is 25.5. The Hall–Kier alpha value is -2.62. The molecule has 4 rings (SSSR count). The fourth-order valence-electron chi connectivity index (χ4n) is 4.42. The van der Waals surface area contributed by atoms with Gasteiger partial charge in [-0.3, -0.25) is 23.3 Å². The lowest BCUT2D eigenvalue weighted by atomic mass is 10.2. The average Bonchev–Trinajstić information content (AvgIpc) is 3.22. The van der Waals surface area contributed by atoms with Crippen LogP contribution >= 0.6 is 7.60 Å². The summed E-state index contributed by atoms with van der Waals surface area (Å²) in [4.78, 5) is 32.6. The lowest BCUT2D eigenvalue weighted by molar-refractivity contribution is -0.138. The van der Waals surface area contributed by atoms with E-state index < -0.39 is 36.5 Å². The largest absolute Gasteiger partial charge is 0.350 e. The van der Waals surface area contributed by atoms with Crippen LogP contribution in [0.3, 0.4) is 0 Å². The molecule has 0 radical (unpaired) electrons. The maximum Gasteiger partial charge on any atom is 0.350 e. The lowest BCUT2D eigenvalue weighted by Gasteiger charge is -2.25. The Labute approximate surface area is 202 Å². The van der Waals surface area contributed by atoms with E-state index in [0.29, 0.717) is 17.3 Å². The molecular weight excluding hydrogens is 476 g/mol. The van der Waals surface area contributed by atoms with Crippen LogP contribution in [-0.4, -0.2) is 46.3 Å². The van der Waals surface area contributed by atoms with Gasteiger partial charge in [0.25, 0.3) is 5.56 Å². The second-order valence-electron chi connectivity index (χ2n) is 8.26. The SMILES string of the molecule is CCOP(=O)(OCC)[C@@H]1C[C@@H](Cn2c(=O)n(Cc3ccccc3F)c(=O)c3ccccc32)ON1C. The predicted octanol–water partition coefficient (Wildman–Crippen LogP) is 3.58. The summed E-state index contributed by atoms with van der Waals surface area (Å²) >= 11 is 0. The highest BCUT2D eigenvalue weighted by molar-refractivity contribution is 7.54. The molecule has 1 fully saturated rings. The van der Waals surface area contributed by atoms with Gasteiger partial charge in [-0.15, -0.1) is 0 Å². The fraction of sp³-hybridized carbons (Fsp3) is 0.417. The normalized spacial score (nSPS) is 19.0. The molecule has 2 heterocycles. The Balaban J connectivity index is 1.72. The summed E-state index contributed by atoms with van der Waals surface area (Å²) < 4.78 is 41.1. The smallest absolute Gasteiger partial charge is 0.308 e. The molecule has 0 amide bonds. The Morgan fingerprint density at radius 3 is 2.37 bits per heavy atom. The molecule has 0 spiro atoms. The summed E-state index contributed by atoms with van der Waals surface area (Å²) in [5.74, 6) is -1.14. The second-order valence-corrected chi connectivity index (χ2v) is 10.5. The Kier molecular flexibility index (Phi) is 7.68. The van der Waals surface area contributed by atoms with Crippen molar-refractivity contribution in [2.24, 2.45) is 0 Å². The summed E-state index contributed by atoms with van der Waals surface area (Å²) in [6, 6.07) is 12.8. The Morgan fingerprint density at radius 1 is 1.03 bits per heavy atom. The highest BCUT2D eigenvalue weighted by atomic mass is 31.2. The number of benzene rings is 2. The van der Waals surface area contributed by atoms with E-state index in [1.807, 2.05) is 0 Å². The van der Waals surface area contributed by atoms with E-state index in [-0.39, 0.29) is 31.9 Å². The number of nitrogens with zero attached hydrogens (tertiary/aromatic N) is 3. The fourth-order valence-corrected chi connectivity index (χ4v) is 6.51. The van der Waals surface area contributed by atoms with Gasteiger partial charge in [0.2, 0.25) is 0 Å². The first-order chi connectivity index (χ1) is 16.8. The van der Waals surface area contributed by atoms with Gasteiger partial charge in [-0.25, -0.2) is 9.18 Å². The standard InChI is InChI=1S/C24H29FN3O6P/c1-4-32-35(31,33-5-2)22-14-18(34-26(22)3)16-27-21-13-9-7-11-19(21)23(29)28(24(27)30)15-17-10-6-8-12-20(17)25/h6-13,18,22H,4-5,14-16H2,1-3H3/t18-,22+/m0/s1. The maximum atomic E-state index is 14.3. The van der Waals surface area contributed by atoms with Crippen LogP contribution in [0.1, 0.15) is 25.8 Å². The van der Waals surface area contributed by atoms with Crippen LogP contribution in [0.25, 0.3) is 10.9 Å². The molecule has 2 aromatic carbocycles. The van der Waals surface area contributed by atoms with Crippen molar-refractivity contribution in [1.29, 1.82) is 0 Å². The van der Waals surface area contributed by atoms with E-state index in [2.05, 4.69) is 0 Å². The summed E-state index contributed by atoms with van der Waals surface area (Å²) in [6.07, 6.45) is -0.235. The van der Waals surface area contributed by atoms with Crippen LogP contribution in [0, 0.1) is 5.82 Å². The van der Waals surface area contributed by atoms with Crippen molar-refractivity contribution in [3.05, 3.63) is 80.7 Å². The van der Waals surface area contributed by atoms with Crippen molar-refractivity contribution in [1.82, 2.24) is 14.2 Å². The van der Waals surface area contributed by atoms with Crippen LogP contribution in [0.4, 0.5) is 4.39 Å². The van der Waals surface area contributed by atoms with Gasteiger partial charge in [-0.1, -0.05) is 30.3 Å². The van der Waals surface area contributed by atoms with Gasteiger partial charge in [0.1, 0.15) is 11.6 Å². The van der Waals surface area contributed by atoms with Gasteiger partial charge in [0.05, 0.1) is 43.3 Å². The predicted molar refractivity (Wildman–Crippen MR) is 130 cm³/mol. The minimum absolute atomic E-state index is 0.0932. The summed E-state index contributed by atoms with van der Waals surface area (Å²) in [5, 5.41) is 1.79. The molecule has 0 aliphatic carbocycles. The number of fused-ring (bicyclic) bond motifs is 1. The number of halogens is 1. The number of hydrogen-bond donors (Lipinski definition) is 0. The van der Waals surface area contributed by atoms with E-state index in [9.17, 15) is 18.5 Å². The third kappa shape index (κ3) is 5.03. The quantitative estimate of drug-likeness (QED) is 0.411. The molecule has 1 saturated heterocycles. The van der Waals surface area contributed by atoms with Gasteiger partial charge in [-0.2, -0.15) is 5.06 Å². The molecule has 1 aliphatic rings. The van der Waals surface area contributed by atoms with Crippen LogP contribution in [-0.2, 0) is 31.5 Å². The van der Waals surface area contributed by atoms with E-state index >= 15 is 0 Å².